The highest BCUT2D eigenvalue weighted by atomic mass is 16.5. The molecule has 2 heteroatoms. The molecule has 0 bridgehead atoms. The van der Waals surface area contributed by atoms with Crippen LogP contribution in [0.25, 0.3) is 0 Å². The third-order valence-electron chi connectivity index (χ3n) is 3.12. The van der Waals surface area contributed by atoms with Crippen molar-refractivity contribution in [1.29, 1.82) is 0 Å². The molecule has 1 saturated carbocycles. The average molecular weight is 233 g/mol. The largest absolute Gasteiger partial charge is 0.490 e. The van der Waals surface area contributed by atoms with Crippen molar-refractivity contribution in [1.82, 2.24) is 5.32 Å². The summed E-state index contributed by atoms with van der Waals surface area (Å²) in [5, 5.41) is 3.54. The summed E-state index contributed by atoms with van der Waals surface area (Å²) in [7, 11) is 0. The zero-order valence-corrected chi connectivity index (χ0v) is 10.9. The van der Waals surface area contributed by atoms with Gasteiger partial charge in [-0.15, -0.1) is 0 Å². The van der Waals surface area contributed by atoms with Gasteiger partial charge in [0.25, 0.3) is 0 Å². The van der Waals surface area contributed by atoms with Gasteiger partial charge < -0.3 is 10.1 Å². The van der Waals surface area contributed by atoms with Gasteiger partial charge in [0.2, 0.25) is 0 Å². The monoisotopic (exact) mass is 233 g/mol. The fraction of sp³-hybridized carbons (Fsp3) is 0.600. The van der Waals surface area contributed by atoms with E-state index < -0.39 is 0 Å². The fourth-order valence-electron chi connectivity index (χ4n) is 2.10. The smallest absolute Gasteiger partial charge is 0.120 e. The summed E-state index contributed by atoms with van der Waals surface area (Å²) >= 11 is 0. The van der Waals surface area contributed by atoms with Gasteiger partial charge in [0, 0.05) is 6.04 Å². The molecule has 1 atom stereocenters. The first kappa shape index (κ1) is 12.4. The molecule has 1 aliphatic rings. The van der Waals surface area contributed by atoms with Crippen molar-refractivity contribution < 1.29 is 4.74 Å². The van der Waals surface area contributed by atoms with Crippen molar-refractivity contribution in [3.63, 3.8) is 0 Å². The fourth-order valence-corrected chi connectivity index (χ4v) is 2.10. The van der Waals surface area contributed by atoms with E-state index in [0.717, 1.165) is 12.3 Å². The molecule has 1 fully saturated rings. The first-order chi connectivity index (χ1) is 8.33. The predicted molar refractivity (Wildman–Crippen MR) is 71.4 cm³/mol. The van der Waals surface area contributed by atoms with Crippen LogP contribution in [0.15, 0.2) is 24.3 Å². The summed E-state index contributed by atoms with van der Waals surface area (Å²) in [5.41, 5.74) is 1.35. The Hall–Kier alpha value is -1.02. The van der Waals surface area contributed by atoms with E-state index in [1.54, 1.807) is 0 Å². The molecule has 1 aromatic carbocycles. The van der Waals surface area contributed by atoms with E-state index in [0.29, 0.717) is 12.1 Å². The summed E-state index contributed by atoms with van der Waals surface area (Å²) in [5.74, 6) is 1.03. The lowest BCUT2D eigenvalue weighted by Crippen LogP contribution is -2.20. The van der Waals surface area contributed by atoms with Crippen LogP contribution < -0.4 is 10.1 Å². The molecule has 0 spiro atoms. The van der Waals surface area contributed by atoms with Gasteiger partial charge in [0.1, 0.15) is 5.75 Å². The summed E-state index contributed by atoms with van der Waals surface area (Å²) in [6.45, 7) is 5.40. The molecule has 0 heterocycles. The van der Waals surface area contributed by atoms with Gasteiger partial charge in [-0.1, -0.05) is 32.4 Å². The number of ether oxygens (including phenoxy) is 1. The summed E-state index contributed by atoms with van der Waals surface area (Å²) in [4.78, 5) is 0. The molecule has 0 aliphatic heterocycles. The average Bonchev–Trinajstić information content (AvgIpc) is 3.13. The second-order valence-corrected chi connectivity index (χ2v) is 4.79. The van der Waals surface area contributed by atoms with Crippen molar-refractivity contribution in [3.8, 4) is 5.75 Å². The minimum atomic E-state index is 0.466. The number of nitrogens with one attached hydrogen (secondary N) is 1. The quantitative estimate of drug-likeness (QED) is 0.775. The van der Waals surface area contributed by atoms with E-state index >= 15 is 0 Å². The minimum Gasteiger partial charge on any atom is -0.490 e. The Bertz CT molecular complexity index is 341. The molecule has 0 aromatic heterocycles. The molecule has 2 nitrogen and oxygen atoms in total. The predicted octanol–water partition coefficient (Wildman–Crippen LogP) is 3.68. The zero-order valence-electron chi connectivity index (χ0n) is 10.9. The topological polar surface area (TPSA) is 21.3 Å². The van der Waals surface area contributed by atoms with E-state index in [-0.39, 0.29) is 0 Å². The van der Waals surface area contributed by atoms with Crippen molar-refractivity contribution in [2.75, 3.05) is 6.54 Å². The summed E-state index contributed by atoms with van der Waals surface area (Å²) in [6.07, 6.45) is 5.30. The second kappa shape index (κ2) is 6.06. The Morgan fingerprint density at radius 2 is 2.18 bits per heavy atom. The maximum absolute atomic E-state index is 5.84. The van der Waals surface area contributed by atoms with Gasteiger partial charge in [0.15, 0.2) is 0 Å². The normalized spacial score (nSPS) is 16.8. The van der Waals surface area contributed by atoms with E-state index in [1.807, 2.05) is 0 Å². The van der Waals surface area contributed by atoms with Crippen LogP contribution in [0.4, 0.5) is 0 Å². The van der Waals surface area contributed by atoms with Gasteiger partial charge in [-0.2, -0.15) is 0 Å². The van der Waals surface area contributed by atoms with Gasteiger partial charge in [-0.05, 0) is 43.5 Å². The van der Waals surface area contributed by atoms with Gasteiger partial charge in [-0.3, -0.25) is 0 Å². The highest BCUT2D eigenvalue weighted by Crippen LogP contribution is 2.29. The minimum absolute atomic E-state index is 0.466. The molecular weight excluding hydrogens is 210 g/mol. The molecule has 0 amide bonds. The molecule has 1 aromatic rings. The zero-order chi connectivity index (χ0) is 12.1. The highest BCUT2D eigenvalue weighted by Gasteiger charge is 2.23. The standard InChI is InChI=1S/C15H23NO/c1-3-6-15(16-4-2)12-7-5-8-14(11-12)17-13-9-10-13/h5,7-8,11,13,15-16H,3-4,6,9-10H2,1-2H3. The second-order valence-electron chi connectivity index (χ2n) is 4.79. The van der Waals surface area contributed by atoms with Gasteiger partial charge in [-0.25, -0.2) is 0 Å². The molecule has 0 radical (unpaired) electrons. The maximum Gasteiger partial charge on any atom is 0.120 e. The lowest BCUT2D eigenvalue weighted by Gasteiger charge is -2.18. The Morgan fingerprint density at radius 3 is 2.82 bits per heavy atom. The van der Waals surface area contributed by atoms with Crippen molar-refractivity contribution >= 4 is 0 Å². The van der Waals surface area contributed by atoms with Crippen LogP contribution in [0.1, 0.15) is 51.1 Å². The van der Waals surface area contributed by atoms with Crippen LogP contribution in [0, 0.1) is 0 Å². The first-order valence-corrected chi connectivity index (χ1v) is 6.83. The van der Waals surface area contributed by atoms with Crippen LogP contribution in [-0.2, 0) is 0 Å². The van der Waals surface area contributed by atoms with Crippen LogP contribution in [0.5, 0.6) is 5.75 Å². The third kappa shape index (κ3) is 3.74. The Labute approximate surface area is 104 Å². The van der Waals surface area contributed by atoms with E-state index in [9.17, 15) is 0 Å². The number of benzene rings is 1. The Balaban J connectivity index is 2.05. The first-order valence-electron chi connectivity index (χ1n) is 6.83. The molecule has 94 valence electrons. The number of hydrogen-bond acceptors (Lipinski definition) is 2. The van der Waals surface area contributed by atoms with Crippen LogP contribution in [0.3, 0.4) is 0 Å². The molecule has 0 saturated heterocycles. The lowest BCUT2D eigenvalue weighted by molar-refractivity contribution is 0.302. The molecular formula is C15H23NO. The van der Waals surface area contributed by atoms with E-state index in [4.69, 9.17) is 4.74 Å². The summed E-state index contributed by atoms with van der Waals surface area (Å²) in [6, 6.07) is 9.03. The Morgan fingerprint density at radius 1 is 1.35 bits per heavy atom. The number of hydrogen-bond donors (Lipinski definition) is 1. The van der Waals surface area contributed by atoms with E-state index in [2.05, 4.69) is 43.4 Å². The molecule has 1 unspecified atom stereocenters. The maximum atomic E-state index is 5.84. The Kier molecular flexibility index (Phi) is 4.43. The van der Waals surface area contributed by atoms with Crippen molar-refractivity contribution in [2.45, 2.75) is 51.7 Å². The lowest BCUT2D eigenvalue weighted by atomic mass is 10.0. The molecule has 1 N–H and O–H groups in total. The van der Waals surface area contributed by atoms with Crippen molar-refractivity contribution in [2.24, 2.45) is 0 Å². The molecule has 1 aliphatic carbocycles. The number of rotatable bonds is 7. The highest BCUT2D eigenvalue weighted by molar-refractivity contribution is 5.31. The van der Waals surface area contributed by atoms with Gasteiger partial charge >= 0.3 is 0 Å². The van der Waals surface area contributed by atoms with Gasteiger partial charge in [0.05, 0.1) is 6.10 Å². The van der Waals surface area contributed by atoms with Crippen LogP contribution in [0.2, 0.25) is 0 Å². The van der Waals surface area contributed by atoms with Crippen LogP contribution >= 0.6 is 0 Å². The van der Waals surface area contributed by atoms with Crippen molar-refractivity contribution in [3.05, 3.63) is 29.8 Å². The third-order valence-corrected chi connectivity index (χ3v) is 3.12. The van der Waals surface area contributed by atoms with E-state index in [1.165, 1.54) is 31.2 Å². The summed E-state index contributed by atoms with van der Waals surface area (Å²) < 4.78 is 5.84. The molecule has 17 heavy (non-hydrogen) atoms. The molecule has 2 rings (SSSR count). The van der Waals surface area contributed by atoms with Crippen LogP contribution in [-0.4, -0.2) is 12.6 Å². The SMILES string of the molecule is CCCC(NCC)c1cccc(OC2CC2)c1.